The molecule has 0 unspecified atom stereocenters. The summed E-state index contributed by atoms with van der Waals surface area (Å²) >= 11 is 0. The van der Waals surface area contributed by atoms with Crippen LogP contribution in [0.1, 0.15) is 11.6 Å². The van der Waals surface area contributed by atoms with E-state index in [9.17, 15) is 9.18 Å². The van der Waals surface area contributed by atoms with Crippen LogP contribution >= 0.6 is 0 Å². The van der Waals surface area contributed by atoms with Gasteiger partial charge < -0.3 is 9.47 Å². The normalized spacial score (nSPS) is 15.6. The molecule has 0 N–H and O–H groups in total. The lowest BCUT2D eigenvalue weighted by Gasteiger charge is -2.20. The van der Waals surface area contributed by atoms with Crippen molar-refractivity contribution in [2.24, 2.45) is 0 Å². The number of nitrogens with zero attached hydrogens (tertiary/aromatic N) is 6. The van der Waals surface area contributed by atoms with E-state index in [-0.39, 0.29) is 12.4 Å². The fourth-order valence-corrected chi connectivity index (χ4v) is 5.50. The summed E-state index contributed by atoms with van der Waals surface area (Å²) in [6.45, 7) is 8.35. The minimum absolute atomic E-state index is 0.158. The summed E-state index contributed by atoms with van der Waals surface area (Å²) in [4.78, 5) is 19.0. The smallest absolute Gasteiger partial charge is 0.416 e. The van der Waals surface area contributed by atoms with E-state index in [1.807, 2.05) is 41.2 Å². The molecule has 2 aromatic carbocycles. The highest BCUT2D eigenvalue weighted by atomic mass is 28.3. The molecule has 0 aliphatic carbocycles. The Bertz CT molecular complexity index is 1680. The Kier molecular flexibility index (Phi) is 7.14. The largest absolute Gasteiger partial charge is 0.447 e. The van der Waals surface area contributed by atoms with Crippen molar-refractivity contribution in [3.63, 3.8) is 0 Å². The molecule has 6 rings (SSSR count). The molecular weight excluding hydrogens is 539 g/mol. The van der Waals surface area contributed by atoms with Gasteiger partial charge in [0.1, 0.15) is 31.0 Å². The molecule has 0 radical (unpaired) electrons. The predicted octanol–water partition coefficient (Wildman–Crippen LogP) is 6.41. The van der Waals surface area contributed by atoms with Gasteiger partial charge in [-0.25, -0.2) is 23.4 Å². The van der Waals surface area contributed by atoms with Crippen molar-refractivity contribution in [1.82, 2.24) is 24.4 Å². The molecule has 0 saturated carbocycles. The van der Waals surface area contributed by atoms with Crippen LogP contribution in [0.4, 0.5) is 15.0 Å². The van der Waals surface area contributed by atoms with Crippen LogP contribution in [0.5, 0.6) is 0 Å². The zero-order valence-corrected chi connectivity index (χ0v) is 24.2. The highest BCUT2D eigenvalue weighted by Gasteiger charge is 2.36. The number of rotatable bonds is 9. The van der Waals surface area contributed by atoms with Crippen LogP contribution in [-0.4, -0.2) is 51.8 Å². The van der Waals surface area contributed by atoms with E-state index in [1.54, 1.807) is 35.1 Å². The number of fused-ring (bicyclic) bond motifs is 1. The van der Waals surface area contributed by atoms with E-state index in [0.29, 0.717) is 18.2 Å². The molecule has 9 nitrogen and oxygen atoms in total. The third kappa shape index (κ3) is 5.77. The van der Waals surface area contributed by atoms with Gasteiger partial charge >= 0.3 is 6.09 Å². The monoisotopic (exact) mass is 570 g/mol. The average Bonchev–Trinajstić information content (AvgIpc) is 3.69. The van der Waals surface area contributed by atoms with Gasteiger partial charge in [-0.2, -0.15) is 10.2 Å². The summed E-state index contributed by atoms with van der Waals surface area (Å²) in [6, 6.07) is 18.5. The first-order chi connectivity index (χ1) is 19.7. The quantitative estimate of drug-likeness (QED) is 0.150. The standard InChI is InChI=1S/C30H31FN6O3Si/c1-41(2,3)17-16-39-20-35-14-12-26(34-35)22-6-4-21(5-7-22)25-18-32-36-15-13-28(33-29(25)36)37-27(19-40-30(37)38)23-8-10-24(31)11-9-23/h4-15,18,27H,16-17,19-20H2,1-3H3/t27-/m1/s1. The van der Waals surface area contributed by atoms with Crippen molar-refractivity contribution < 1.29 is 18.7 Å². The van der Waals surface area contributed by atoms with Crippen molar-refractivity contribution in [2.45, 2.75) is 38.5 Å². The average molecular weight is 571 g/mol. The molecule has 210 valence electrons. The lowest BCUT2D eigenvalue weighted by Crippen LogP contribution is -2.28. The Morgan fingerprint density at radius 2 is 1.76 bits per heavy atom. The van der Waals surface area contributed by atoms with Crippen LogP contribution in [0.3, 0.4) is 0 Å². The Hall–Kier alpha value is -4.35. The topological polar surface area (TPSA) is 86.8 Å². The minimum Gasteiger partial charge on any atom is -0.447 e. The fourth-order valence-electron chi connectivity index (χ4n) is 4.75. The van der Waals surface area contributed by atoms with E-state index >= 15 is 0 Å². The Balaban J connectivity index is 1.21. The van der Waals surface area contributed by atoms with Crippen LogP contribution in [0.2, 0.25) is 25.7 Å². The van der Waals surface area contributed by atoms with Gasteiger partial charge in [-0.15, -0.1) is 0 Å². The molecule has 0 bridgehead atoms. The van der Waals surface area contributed by atoms with Gasteiger partial charge in [0.15, 0.2) is 5.65 Å². The van der Waals surface area contributed by atoms with Gasteiger partial charge in [0.05, 0.1) is 11.9 Å². The van der Waals surface area contributed by atoms with E-state index in [1.165, 1.54) is 17.0 Å². The number of carbonyl (C=O) groups excluding carboxylic acids is 1. The number of hydrogen-bond acceptors (Lipinski definition) is 6. The maximum absolute atomic E-state index is 13.5. The first-order valence-electron chi connectivity index (χ1n) is 13.5. The SMILES string of the molecule is C[Si](C)(C)CCOCn1ccc(-c2ccc(-c3cnn4ccc(N5C(=O)OC[C@@H]5c5ccc(F)cc5)nc34)cc2)n1. The van der Waals surface area contributed by atoms with Gasteiger partial charge in [0.25, 0.3) is 0 Å². The molecule has 4 heterocycles. The first-order valence-corrected chi connectivity index (χ1v) is 17.2. The van der Waals surface area contributed by atoms with Crippen LogP contribution in [0.25, 0.3) is 28.0 Å². The van der Waals surface area contributed by atoms with Gasteiger partial charge in [-0.05, 0) is 41.4 Å². The number of benzene rings is 2. The Morgan fingerprint density at radius 1 is 1.00 bits per heavy atom. The third-order valence-electron chi connectivity index (χ3n) is 7.08. The second kappa shape index (κ2) is 10.9. The van der Waals surface area contributed by atoms with Crippen LogP contribution in [0, 0.1) is 5.82 Å². The van der Waals surface area contributed by atoms with Gasteiger partial charge in [-0.3, -0.25) is 4.90 Å². The van der Waals surface area contributed by atoms with Crippen LogP contribution < -0.4 is 4.90 Å². The number of ether oxygens (including phenoxy) is 2. The van der Waals surface area contributed by atoms with Crippen molar-refractivity contribution in [3.8, 4) is 22.4 Å². The maximum Gasteiger partial charge on any atom is 0.416 e. The fraction of sp³-hybridized carbons (Fsp3) is 0.267. The van der Waals surface area contributed by atoms with E-state index in [4.69, 9.17) is 14.5 Å². The van der Waals surface area contributed by atoms with Crippen molar-refractivity contribution in [1.29, 1.82) is 0 Å². The zero-order valence-electron chi connectivity index (χ0n) is 23.2. The second-order valence-corrected chi connectivity index (χ2v) is 16.9. The number of carbonyl (C=O) groups is 1. The van der Waals surface area contributed by atoms with Crippen LogP contribution in [-0.2, 0) is 16.2 Å². The summed E-state index contributed by atoms with van der Waals surface area (Å²) in [5, 5.41) is 9.11. The minimum atomic E-state index is -1.12. The highest BCUT2D eigenvalue weighted by molar-refractivity contribution is 6.76. The third-order valence-corrected chi connectivity index (χ3v) is 8.79. The molecule has 1 aliphatic heterocycles. The van der Waals surface area contributed by atoms with Gasteiger partial charge in [0.2, 0.25) is 0 Å². The Morgan fingerprint density at radius 3 is 2.51 bits per heavy atom. The molecule has 1 atom stereocenters. The lowest BCUT2D eigenvalue weighted by atomic mass is 10.1. The highest BCUT2D eigenvalue weighted by Crippen LogP contribution is 2.34. The Labute approximate surface area is 238 Å². The molecule has 41 heavy (non-hydrogen) atoms. The van der Waals surface area contributed by atoms with Crippen molar-refractivity contribution in [2.75, 3.05) is 18.1 Å². The molecule has 1 amide bonds. The summed E-state index contributed by atoms with van der Waals surface area (Å²) in [6.07, 6.45) is 4.95. The molecule has 11 heteroatoms. The van der Waals surface area contributed by atoms with E-state index in [0.717, 1.165) is 40.6 Å². The number of amides is 1. The summed E-state index contributed by atoms with van der Waals surface area (Å²) < 4.78 is 28.1. The zero-order chi connectivity index (χ0) is 28.6. The molecule has 1 aliphatic rings. The number of cyclic esters (lactones) is 1. The molecule has 0 spiro atoms. The number of hydrogen-bond donors (Lipinski definition) is 0. The van der Waals surface area contributed by atoms with Crippen LogP contribution in [0.15, 0.2) is 79.3 Å². The molecule has 5 aromatic rings. The number of halogens is 1. The van der Waals surface area contributed by atoms with E-state index < -0.39 is 20.2 Å². The second-order valence-electron chi connectivity index (χ2n) is 11.3. The number of anilines is 1. The summed E-state index contributed by atoms with van der Waals surface area (Å²) in [5.41, 5.74) is 4.98. The predicted molar refractivity (Wildman–Crippen MR) is 157 cm³/mol. The maximum atomic E-state index is 13.5. The number of aromatic nitrogens is 5. The first kappa shape index (κ1) is 26.8. The van der Waals surface area contributed by atoms with Crippen molar-refractivity contribution in [3.05, 3.63) is 90.6 Å². The summed E-state index contributed by atoms with van der Waals surface area (Å²) in [5.74, 6) is 0.0977. The molecule has 3 aromatic heterocycles. The van der Waals surface area contributed by atoms with E-state index in [2.05, 4.69) is 29.8 Å². The van der Waals surface area contributed by atoms with Crippen molar-refractivity contribution >= 4 is 25.6 Å². The molecule has 1 saturated heterocycles. The molecule has 1 fully saturated rings. The molecular formula is C30H31FN6O3Si. The lowest BCUT2D eigenvalue weighted by molar-refractivity contribution is 0.0787. The summed E-state index contributed by atoms with van der Waals surface area (Å²) in [7, 11) is -1.12. The van der Waals surface area contributed by atoms with Gasteiger partial charge in [0, 0.05) is 38.2 Å². The van der Waals surface area contributed by atoms with Gasteiger partial charge in [-0.1, -0.05) is 56.0 Å².